The van der Waals surface area contributed by atoms with Crippen LogP contribution in [0.15, 0.2) is 10.5 Å². The molecule has 0 aromatic carbocycles. The summed E-state index contributed by atoms with van der Waals surface area (Å²) in [5.74, 6) is -0.390. The lowest BCUT2D eigenvalue weighted by Crippen LogP contribution is -2.18. The molecule has 0 fully saturated rings. The lowest BCUT2D eigenvalue weighted by molar-refractivity contribution is -0.140. The van der Waals surface area contributed by atoms with Crippen molar-refractivity contribution in [1.82, 2.24) is 5.32 Å². The number of carbonyl (C=O) groups is 2. The van der Waals surface area contributed by atoms with E-state index in [2.05, 4.69) is 10.1 Å². The number of nitrogens with one attached hydrogen (secondary N) is 1. The SMILES string of the molecule is COC(=O)CCNCc1cc(C(=O)O)c(C)o1. The molecule has 1 aromatic rings. The van der Waals surface area contributed by atoms with Crippen LogP contribution in [-0.2, 0) is 16.1 Å². The molecule has 0 radical (unpaired) electrons. The zero-order valence-electron chi connectivity index (χ0n) is 9.78. The van der Waals surface area contributed by atoms with Crippen LogP contribution in [-0.4, -0.2) is 30.7 Å². The van der Waals surface area contributed by atoms with Crippen LogP contribution in [0.2, 0.25) is 0 Å². The van der Waals surface area contributed by atoms with Gasteiger partial charge in [0.15, 0.2) is 0 Å². The Morgan fingerprint density at radius 2 is 2.24 bits per heavy atom. The maximum absolute atomic E-state index is 10.8. The highest BCUT2D eigenvalue weighted by Gasteiger charge is 2.13. The maximum atomic E-state index is 10.8. The Hall–Kier alpha value is -1.82. The van der Waals surface area contributed by atoms with Crippen molar-refractivity contribution in [1.29, 1.82) is 0 Å². The molecule has 0 spiro atoms. The largest absolute Gasteiger partial charge is 0.478 e. The van der Waals surface area contributed by atoms with Gasteiger partial charge in [0.25, 0.3) is 0 Å². The predicted molar refractivity (Wildman–Crippen MR) is 58.7 cm³/mol. The standard InChI is InChI=1S/C11H15NO5/c1-7-9(11(14)15)5-8(17-7)6-12-4-3-10(13)16-2/h5,12H,3-4,6H2,1-2H3,(H,14,15). The Bertz CT molecular complexity index is 410. The maximum Gasteiger partial charge on any atom is 0.339 e. The molecule has 0 bridgehead atoms. The number of furan rings is 1. The molecule has 17 heavy (non-hydrogen) atoms. The number of aryl methyl sites for hydroxylation is 1. The van der Waals surface area contributed by atoms with Gasteiger partial charge in [0.05, 0.1) is 20.1 Å². The minimum absolute atomic E-state index is 0.162. The van der Waals surface area contributed by atoms with Gasteiger partial charge in [-0.15, -0.1) is 0 Å². The minimum atomic E-state index is -1.01. The molecule has 0 saturated heterocycles. The van der Waals surface area contributed by atoms with Gasteiger partial charge >= 0.3 is 11.9 Å². The first kappa shape index (κ1) is 13.2. The number of esters is 1. The number of methoxy groups -OCH3 is 1. The second-order valence-electron chi connectivity index (χ2n) is 3.49. The summed E-state index contributed by atoms with van der Waals surface area (Å²) in [4.78, 5) is 21.6. The molecule has 0 unspecified atom stereocenters. The molecule has 0 aliphatic heterocycles. The number of carbonyl (C=O) groups excluding carboxylic acids is 1. The van der Waals surface area contributed by atoms with Crippen LogP contribution >= 0.6 is 0 Å². The summed E-state index contributed by atoms with van der Waals surface area (Å²) >= 11 is 0. The Balaban J connectivity index is 2.40. The molecule has 6 nitrogen and oxygen atoms in total. The van der Waals surface area contributed by atoms with Gasteiger partial charge in [-0.25, -0.2) is 4.79 Å². The van der Waals surface area contributed by atoms with Crippen molar-refractivity contribution in [3.05, 3.63) is 23.2 Å². The van der Waals surface area contributed by atoms with E-state index in [1.807, 2.05) is 0 Å². The second-order valence-corrected chi connectivity index (χ2v) is 3.49. The van der Waals surface area contributed by atoms with Crippen LogP contribution in [0.4, 0.5) is 0 Å². The van der Waals surface area contributed by atoms with Crippen LogP contribution in [0.1, 0.15) is 28.3 Å². The fourth-order valence-electron chi connectivity index (χ4n) is 1.35. The van der Waals surface area contributed by atoms with E-state index in [0.717, 1.165) is 0 Å². The molecule has 0 saturated carbocycles. The highest BCUT2D eigenvalue weighted by atomic mass is 16.5. The summed E-state index contributed by atoms with van der Waals surface area (Å²) < 4.78 is 9.73. The molecule has 0 atom stereocenters. The molecule has 1 heterocycles. The highest BCUT2D eigenvalue weighted by molar-refractivity contribution is 5.88. The summed E-state index contributed by atoms with van der Waals surface area (Å²) in [6, 6.07) is 1.48. The van der Waals surface area contributed by atoms with Crippen LogP contribution < -0.4 is 5.32 Å². The molecular formula is C11H15NO5. The molecule has 94 valence electrons. The summed E-state index contributed by atoms with van der Waals surface area (Å²) in [5, 5.41) is 11.8. The zero-order chi connectivity index (χ0) is 12.8. The molecular weight excluding hydrogens is 226 g/mol. The van der Waals surface area contributed by atoms with Gasteiger partial charge in [0, 0.05) is 6.54 Å². The third-order valence-corrected chi connectivity index (χ3v) is 2.23. The summed E-state index contributed by atoms with van der Waals surface area (Å²) in [6.45, 7) is 2.43. The lowest BCUT2D eigenvalue weighted by atomic mass is 10.2. The van der Waals surface area contributed by atoms with Gasteiger partial charge in [0.1, 0.15) is 17.1 Å². The first-order chi connectivity index (χ1) is 8.04. The van der Waals surface area contributed by atoms with E-state index in [-0.39, 0.29) is 18.0 Å². The number of ether oxygens (including phenoxy) is 1. The zero-order valence-corrected chi connectivity index (χ0v) is 9.78. The lowest BCUT2D eigenvalue weighted by Gasteiger charge is -2.01. The van der Waals surface area contributed by atoms with Crippen LogP contribution in [0.25, 0.3) is 0 Å². The van der Waals surface area contributed by atoms with E-state index in [1.165, 1.54) is 13.2 Å². The highest BCUT2D eigenvalue weighted by Crippen LogP contribution is 2.14. The van der Waals surface area contributed by atoms with Crippen molar-refractivity contribution in [2.75, 3.05) is 13.7 Å². The fraction of sp³-hybridized carbons (Fsp3) is 0.455. The average molecular weight is 241 g/mol. The van der Waals surface area contributed by atoms with Gasteiger partial charge in [-0.1, -0.05) is 0 Å². The van der Waals surface area contributed by atoms with Crippen molar-refractivity contribution in [3.8, 4) is 0 Å². The quantitative estimate of drug-likeness (QED) is 0.569. The number of hydrogen-bond donors (Lipinski definition) is 2. The van der Waals surface area contributed by atoms with E-state index in [4.69, 9.17) is 9.52 Å². The van der Waals surface area contributed by atoms with Crippen molar-refractivity contribution in [3.63, 3.8) is 0 Å². The normalized spacial score (nSPS) is 10.2. The van der Waals surface area contributed by atoms with E-state index in [9.17, 15) is 9.59 Å². The molecule has 0 aliphatic carbocycles. The summed E-state index contributed by atoms with van der Waals surface area (Å²) in [7, 11) is 1.33. The third kappa shape index (κ3) is 3.92. The van der Waals surface area contributed by atoms with Crippen LogP contribution in [0.3, 0.4) is 0 Å². The van der Waals surface area contributed by atoms with Crippen LogP contribution in [0.5, 0.6) is 0 Å². The second kappa shape index (κ2) is 6.05. The molecule has 1 rings (SSSR count). The molecule has 1 aromatic heterocycles. The summed E-state index contributed by atoms with van der Waals surface area (Å²) in [6.07, 6.45) is 0.266. The number of hydrogen-bond acceptors (Lipinski definition) is 5. The summed E-state index contributed by atoms with van der Waals surface area (Å²) in [5.41, 5.74) is 0.162. The van der Waals surface area contributed by atoms with E-state index in [1.54, 1.807) is 6.92 Å². The number of carboxylic acid groups (broad SMARTS) is 1. The monoisotopic (exact) mass is 241 g/mol. The predicted octanol–water partition coefficient (Wildman–Crippen LogP) is 0.939. The van der Waals surface area contributed by atoms with Crippen molar-refractivity contribution < 1.29 is 23.8 Å². The Morgan fingerprint density at radius 1 is 1.53 bits per heavy atom. The Morgan fingerprint density at radius 3 is 2.76 bits per heavy atom. The smallest absolute Gasteiger partial charge is 0.339 e. The van der Waals surface area contributed by atoms with Gasteiger partial charge < -0.3 is 19.6 Å². The van der Waals surface area contributed by atoms with Crippen molar-refractivity contribution in [2.24, 2.45) is 0 Å². The Labute approximate surface area is 98.6 Å². The van der Waals surface area contributed by atoms with Crippen molar-refractivity contribution in [2.45, 2.75) is 19.9 Å². The number of rotatable bonds is 6. The Kier molecular flexibility index (Phi) is 4.71. The number of aromatic carboxylic acids is 1. The third-order valence-electron chi connectivity index (χ3n) is 2.23. The average Bonchev–Trinajstić information content (AvgIpc) is 2.65. The van der Waals surface area contributed by atoms with Gasteiger partial charge in [-0.2, -0.15) is 0 Å². The number of carboxylic acids is 1. The topological polar surface area (TPSA) is 88.8 Å². The molecule has 0 amide bonds. The van der Waals surface area contributed by atoms with E-state index in [0.29, 0.717) is 24.6 Å². The van der Waals surface area contributed by atoms with Gasteiger partial charge in [-0.3, -0.25) is 4.79 Å². The van der Waals surface area contributed by atoms with E-state index < -0.39 is 5.97 Å². The van der Waals surface area contributed by atoms with Crippen molar-refractivity contribution >= 4 is 11.9 Å². The first-order valence-electron chi connectivity index (χ1n) is 5.14. The molecule has 0 aliphatic rings. The van der Waals surface area contributed by atoms with E-state index >= 15 is 0 Å². The first-order valence-corrected chi connectivity index (χ1v) is 5.14. The minimum Gasteiger partial charge on any atom is -0.478 e. The molecule has 2 N–H and O–H groups in total. The fourth-order valence-corrected chi connectivity index (χ4v) is 1.35. The molecule has 6 heteroatoms. The van der Waals surface area contributed by atoms with Gasteiger partial charge in [-0.05, 0) is 13.0 Å². The van der Waals surface area contributed by atoms with Crippen LogP contribution in [0, 0.1) is 6.92 Å². The van der Waals surface area contributed by atoms with Gasteiger partial charge in [0.2, 0.25) is 0 Å².